The zero-order chi connectivity index (χ0) is 14.0. The fourth-order valence-electron chi connectivity index (χ4n) is 2.03. The van der Waals surface area contributed by atoms with Crippen LogP contribution in [-0.2, 0) is 4.79 Å². The molecule has 0 aromatic rings. The molecule has 3 N–H and O–H groups in total. The molecular formula is C11H19F3N2OS. The van der Waals surface area contributed by atoms with E-state index >= 15 is 0 Å². The van der Waals surface area contributed by atoms with Gasteiger partial charge in [-0.2, -0.15) is 24.9 Å². The van der Waals surface area contributed by atoms with Gasteiger partial charge in [-0.15, -0.1) is 0 Å². The van der Waals surface area contributed by atoms with Crippen LogP contribution in [-0.4, -0.2) is 35.2 Å². The van der Waals surface area contributed by atoms with E-state index in [2.05, 4.69) is 5.32 Å². The van der Waals surface area contributed by atoms with E-state index in [9.17, 15) is 18.0 Å². The van der Waals surface area contributed by atoms with Crippen molar-refractivity contribution < 1.29 is 18.0 Å². The Morgan fingerprint density at radius 2 is 1.89 bits per heavy atom. The maximum absolute atomic E-state index is 12.6. The number of thioether (sulfide) groups is 1. The number of hydrogen-bond donors (Lipinski definition) is 2. The SMILES string of the molecule is CSC1(CNC(=O)C(C)(N)C(F)(F)F)CCCC1. The molecule has 0 saturated heterocycles. The van der Waals surface area contributed by atoms with Crippen LogP contribution in [0.4, 0.5) is 13.2 Å². The molecule has 1 amide bonds. The summed E-state index contributed by atoms with van der Waals surface area (Å²) in [6, 6.07) is 0. The number of rotatable bonds is 4. The number of alkyl halides is 3. The summed E-state index contributed by atoms with van der Waals surface area (Å²) in [5.74, 6) is -1.16. The van der Waals surface area contributed by atoms with Gasteiger partial charge >= 0.3 is 6.18 Å². The average molecular weight is 284 g/mol. The van der Waals surface area contributed by atoms with Gasteiger partial charge in [0.05, 0.1) is 0 Å². The highest BCUT2D eigenvalue weighted by Gasteiger charge is 2.54. The Kier molecular flexibility index (Phi) is 4.59. The van der Waals surface area contributed by atoms with Gasteiger partial charge in [-0.1, -0.05) is 12.8 Å². The number of nitrogens with two attached hydrogens (primary N) is 1. The van der Waals surface area contributed by atoms with Gasteiger partial charge < -0.3 is 11.1 Å². The van der Waals surface area contributed by atoms with Crippen LogP contribution in [0.1, 0.15) is 32.6 Å². The van der Waals surface area contributed by atoms with Crippen molar-refractivity contribution in [3.8, 4) is 0 Å². The monoisotopic (exact) mass is 284 g/mol. The van der Waals surface area contributed by atoms with E-state index < -0.39 is 17.6 Å². The number of nitrogens with one attached hydrogen (secondary N) is 1. The maximum atomic E-state index is 12.6. The average Bonchev–Trinajstić information content (AvgIpc) is 2.73. The van der Waals surface area contributed by atoms with Gasteiger partial charge in [0.2, 0.25) is 5.91 Å². The second kappa shape index (κ2) is 5.28. The van der Waals surface area contributed by atoms with Crippen LogP contribution in [0, 0.1) is 0 Å². The van der Waals surface area contributed by atoms with E-state index in [4.69, 9.17) is 5.73 Å². The number of carbonyl (C=O) groups is 1. The standard InChI is InChI=1S/C11H19F3N2OS/c1-9(15,11(12,13)14)8(17)16-7-10(18-2)5-3-4-6-10/h3-7,15H2,1-2H3,(H,16,17). The van der Waals surface area contributed by atoms with Crippen molar-refractivity contribution in [2.75, 3.05) is 12.8 Å². The number of halogens is 3. The van der Waals surface area contributed by atoms with Gasteiger partial charge in [0, 0.05) is 11.3 Å². The number of hydrogen-bond acceptors (Lipinski definition) is 3. The molecule has 1 fully saturated rings. The third-order valence-electron chi connectivity index (χ3n) is 3.58. The van der Waals surface area contributed by atoms with Gasteiger partial charge in [0.1, 0.15) is 0 Å². The van der Waals surface area contributed by atoms with Crippen molar-refractivity contribution >= 4 is 17.7 Å². The van der Waals surface area contributed by atoms with Crippen molar-refractivity contribution in [1.82, 2.24) is 5.32 Å². The van der Waals surface area contributed by atoms with E-state index in [1.807, 2.05) is 6.26 Å². The molecule has 1 saturated carbocycles. The van der Waals surface area contributed by atoms with E-state index in [-0.39, 0.29) is 11.3 Å². The van der Waals surface area contributed by atoms with Gasteiger partial charge in [-0.25, -0.2) is 0 Å². The highest BCUT2D eigenvalue weighted by molar-refractivity contribution is 8.00. The topological polar surface area (TPSA) is 55.1 Å². The number of amides is 1. The molecule has 1 rings (SSSR count). The summed E-state index contributed by atoms with van der Waals surface area (Å²) in [6.45, 7) is 0.943. The lowest BCUT2D eigenvalue weighted by atomic mass is 10.0. The summed E-state index contributed by atoms with van der Waals surface area (Å²) in [5, 5.41) is 2.36. The van der Waals surface area contributed by atoms with Crippen molar-refractivity contribution in [3.63, 3.8) is 0 Å². The summed E-state index contributed by atoms with van der Waals surface area (Å²) >= 11 is 1.60. The third-order valence-corrected chi connectivity index (χ3v) is 5.00. The Labute approximate surface area is 109 Å². The Bertz CT molecular complexity index is 312. The lowest BCUT2D eigenvalue weighted by molar-refractivity contribution is -0.187. The lowest BCUT2D eigenvalue weighted by Crippen LogP contribution is -2.62. The second-order valence-electron chi connectivity index (χ2n) is 4.98. The summed E-state index contributed by atoms with van der Waals surface area (Å²) in [7, 11) is 0. The van der Waals surface area contributed by atoms with Gasteiger partial charge in [-0.05, 0) is 26.0 Å². The first-order valence-corrected chi connectivity index (χ1v) is 7.06. The minimum Gasteiger partial charge on any atom is -0.353 e. The van der Waals surface area contributed by atoms with Crippen molar-refractivity contribution in [2.24, 2.45) is 5.73 Å². The largest absolute Gasteiger partial charge is 0.415 e. The molecule has 0 aromatic carbocycles. The fraction of sp³-hybridized carbons (Fsp3) is 0.909. The zero-order valence-electron chi connectivity index (χ0n) is 10.6. The molecular weight excluding hydrogens is 265 g/mol. The maximum Gasteiger partial charge on any atom is 0.415 e. The normalized spacial score (nSPS) is 22.6. The summed E-state index contributed by atoms with van der Waals surface area (Å²) in [4.78, 5) is 11.6. The quantitative estimate of drug-likeness (QED) is 0.831. The molecule has 0 bridgehead atoms. The van der Waals surface area contributed by atoms with Gasteiger partial charge in [0.25, 0.3) is 0 Å². The third kappa shape index (κ3) is 3.12. The molecule has 1 aliphatic rings. The minimum atomic E-state index is -4.74. The first-order valence-electron chi connectivity index (χ1n) is 5.84. The highest BCUT2D eigenvalue weighted by Crippen LogP contribution is 2.39. The highest BCUT2D eigenvalue weighted by atomic mass is 32.2. The molecule has 18 heavy (non-hydrogen) atoms. The van der Waals surface area contributed by atoms with Crippen molar-refractivity contribution in [3.05, 3.63) is 0 Å². The van der Waals surface area contributed by atoms with Crippen LogP contribution in [0.25, 0.3) is 0 Å². The van der Waals surface area contributed by atoms with Crippen molar-refractivity contribution in [2.45, 2.75) is 49.1 Å². The molecule has 0 aliphatic heterocycles. The molecule has 0 heterocycles. The fourth-order valence-corrected chi connectivity index (χ4v) is 2.94. The van der Waals surface area contributed by atoms with Crippen molar-refractivity contribution in [1.29, 1.82) is 0 Å². The van der Waals surface area contributed by atoms with Crippen LogP contribution >= 0.6 is 11.8 Å². The molecule has 0 aromatic heterocycles. The summed E-state index contributed by atoms with van der Waals surface area (Å²) in [5.41, 5.74) is 2.23. The van der Waals surface area contributed by atoms with Crippen LogP contribution in [0.15, 0.2) is 0 Å². The Morgan fingerprint density at radius 3 is 2.28 bits per heavy atom. The van der Waals surface area contributed by atoms with Gasteiger partial charge in [0.15, 0.2) is 5.54 Å². The minimum absolute atomic E-state index is 0.128. The molecule has 1 aliphatic carbocycles. The van der Waals surface area contributed by atoms with Crippen LogP contribution in [0.3, 0.4) is 0 Å². The predicted octanol–water partition coefficient (Wildman–Crippen LogP) is 2.06. The molecule has 1 unspecified atom stereocenters. The first-order chi connectivity index (χ1) is 8.15. The van der Waals surface area contributed by atoms with E-state index in [0.29, 0.717) is 6.92 Å². The first kappa shape index (κ1) is 15.6. The Hall–Kier alpha value is -0.430. The number of carbonyl (C=O) groups excluding carboxylic acids is 1. The zero-order valence-corrected chi connectivity index (χ0v) is 11.4. The predicted molar refractivity (Wildman–Crippen MR) is 66.4 cm³/mol. The summed E-state index contributed by atoms with van der Waals surface area (Å²) < 4.78 is 37.6. The van der Waals surface area contributed by atoms with Gasteiger partial charge in [-0.3, -0.25) is 4.79 Å². The molecule has 3 nitrogen and oxygen atoms in total. The summed E-state index contributed by atoms with van der Waals surface area (Å²) in [6.07, 6.45) is 1.12. The second-order valence-corrected chi connectivity index (χ2v) is 6.25. The Morgan fingerprint density at radius 1 is 1.39 bits per heavy atom. The van der Waals surface area contributed by atoms with E-state index in [0.717, 1.165) is 25.7 Å². The molecule has 7 heteroatoms. The smallest absolute Gasteiger partial charge is 0.353 e. The molecule has 0 spiro atoms. The van der Waals surface area contributed by atoms with E-state index in [1.165, 1.54) is 0 Å². The Balaban J connectivity index is 2.61. The van der Waals surface area contributed by atoms with Crippen LogP contribution in [0.5, 0.6) is 0 Å². The molecule has 106 valence electrons. The molecule has 1 atom stereocenters. The molecule has 0 radical (unpaired) electrons. The van der Waals surface area contributed by atoms with Crippen LogP contribution in [0.2, 0.25) is 0 Å². The van der Waals surface area contributed by atoms with E-state index in [1.54, 1.807) is 11.8 Å². The lowest BCUT2D eigenvalue weighted by Gasteiger charge is -2.31. The van der Waals surface area contributed by atoms with Crippen LogP contribution < -0.4 is 11.1 Å².